The molecule has 214 valence electrons. The molecule has 10 rings (SSSR count). The first-order valence-corrected chi connectivity index (χ1v) is 15.8. The Hall–Kier alpha value is -6.00. The number of furan rings is 1. The zero-order chi connectivity index (χ0) is 30.2. The van der Waals surface area contributed by atoms with Gasteiger partial charge >= 0.3 is 0 Å². The zero-order valence-corrected chi connectivity index (χ0v) is 25.0. The van der Waals surface area contributed by atoms with Crippen LogP contribution in [-0.2, 0) is 0 Å². The predicted molar refractivity (Wildman–Crippen MR) is 193 cm³/mol. The number of nitrogens with zero attached hydrogens (tertiary/aromatic N) is 2. The van der Waals surface area contributed by atoms with Crippen molar-refractivity contribution in [3.63, 3.8) is 0 Å². The summed E-state index contributed by atoms with van der Waals surface area (Å²) < 4.78 is 6.23. The first kappa shape index (κ1) is 25.3. The molecule has 0 saturated heterocycles. The number of fused-ring (bicyclic) bond motifs is 7. The normalized spacial score (nSPS) is 13.1. The molecule has 0 aliphatic carbocycles. The van der Waals surface area contributed by atoms with Gasteiger partial charge in [0, 0.05) is 44.9 Å². The van der Waals surface area contributed by atoms with Crippen molar-refractivity contribution in [2.75, 3.05) is 9.80 Å². The molecule has 1 aromatic heterocycles. The van der Waals surface area contributed by atoms with Crippen LogP contribution in [0.1, 0.15) is 0 Å². The molecule has 0 saturated carbocycles. The molecule has 3 nitrogen and oxygen atoms in total. The Morgan fingerprint density at radius 2 is 0.978 bits per heavy atom. The Kier molecular flexibility index (Phi) is 5.37. The van der Waals surface area contributed by atoms with Crippen LogP contribution >= 0.6 is 0 Å². The standard InChI is InChI=1S/C42H27BN2O/c1-3-13-29(14-4-1)44-35-20-9-8-19-34(35)43-41-31(28-25-26-40-33(27-28)32-17-7-10-24-39(32)46-40)18-11-21-36(41)45(30-15-5-2-6-16-30)38-23-12-22-37(44)42(38)43/h1-27H. The molecule has 0 amide bonds. The summed E-state index contributed by atoms with van der Waals surface area (Å²) in [6, 6.07) is 59.0. The third kappa shape index (κ3) is 3.55. The number of benzene rings is 7. The van der Waals surface area contributed by atoms with Gasteiger partial charge in [-0.1, -0.05) is 97.1 Å². The Morgan fingerprint density at radius 1 is 0.413 bits per heavy atom. The first-order chi connectivity index (χ1) is 22.8. The van der Waals surface area contributed by atoms with Crippen LogP contribution in [0.15, 0.2) is 168 Å². The zero-order valence-electron chi connectivity index (χ0n) is 25.0. The molecule has 0 spiro atoms. The van der Waals surface area contributed by atoms with Gasteiger partial charge in [0.1, 0.15) is 11.2 Å². The highest BCUT2D eigenvalue weighted by Crippen LogP contribution is 2.45. The Balaban J connectivity index is 1.30. The van der Waals surface area contributed by atoms with Gasteiger partial charge in [-0.2, -0.15) is 0 Å². The van der Waals surface area contributed by atoms with Crippen molar-refractivity contribution >= 4 is 79.2 Å². The third-order valence-corrected chi connectivity index (χ3v) is 9.65. The van der Waals surface area contributed by atoms with Crippen LogP contribution in [0.2, 0.25) is 0 Å². The number of hydrogen-bond acceptors (Lipinski definition) is 3. The molecule has 0 N–H and O–H groups in total. The summed E-state index contributed by atoms with van der Waals surface area (Å²) in [5.74, 6) is 0. The molecule has 2 aliphatic heterocycles. The van der Waals surface area contributed by atoms with Gasteiger partial charge in [-0.25, -0.2) is 0 Å². The Labute approximate surface area is 267 Å². The van der Waals surface area contributed by atoms with Crippen LogP contribution in [0.5, 0.6) is 0 Å². The smallest absolute Gasteiger partial charge is 0.252 e. The maximum atomic E-state index is 6.23. The summed E-state index contributed by atoms with van der Waals surface area (Å²) >= 11 is 0. The topological polar surface area (TPSA) is 19.6 Å². The van der Waals surface area contributed by atoms with E-state index in [2.05, 4.69) is 161 Å². The van der Waals surface area contributed by atoms with E-state index < -0.39 is 0 Å². The highest BCUT2D eigenvalue weighted by molar-refractivity contribution is 7.01. The Bertz CT molecular complexity index is 2440. The van der Waals surface area contributed by atoms with E-state index in [0.717, 1.165) is 33.3 Å². The van der Waals surface area contributed by atoms with E-state index in [1.54, 1.807) is 0 Å². The molecule has 8 aromatic rings. The van der Waals surface area contributed by atoms with Gasteiger partial charge in [-0.15, -0.1) is 0 Å². The molecule has 0 bridgehead atoms. The molecule has 0 atom stereocenters. The summed E-state index contributed by atoms with van der Waals surface area (Å²) in [4.78, 5) is 4.89. The van der Waals surface area contributed by atoms with Gasteiger partial charge < -0.3 is 14.2 Å². The predicted octanol–water partition coefficient (Wildman–Crippen LogP) is 9.34. The lowest BCUT2D eigenvalue weighted by Crippen LogP contribution is -2.61. The van der Waals surface area contributed by atoms with Crippen LogP contribution in [0.4, 0.5) is 34.1 Å². The van der Waals surface area contributed by atoms with Crippen LogP contribution < -0.4 is 26.2 Å². The largest absolute Gasteiger partial charge is 0.456 e. The number of para-hydroxylation sites is 4. The molecule has 4 heteroatoms. The summed E-state index contributed by atoms with van der Waals surface area (Å²) in [6.07, 6.45) is 0. The van der Waals surface area contributed by atoms with Crippen molar-refractivity contribution in [1.82, 2.24) is 0 Å². The lowest BCUT2D eigenvalue weighted by atomic mass is 9.32. The van der Waals surface area contributed by atoms with E-state index in [0.29, 0.717) is 0 Å². The van der Waals surface area contributed by atoms with E-state index in [1.165, 1.54) is 50.3 Å². The van der Waals surface area contributed by atoms with E-state index in [9.17, 15) is 0 Å². The number of anilines is 6. The lowest BCUT2D eigenvalue weighted by Gasteiger charge is -2.44. The van der Waals surface area contributed by atoms with E-state index in [1.807, 2.05) is 12.1 Å². The second-order valence-corrected chi connectivity index (χ2v) is 12.1. The quantitative estimate of drug-likeness (QED) is 0.192. The molecule has 7 aromatic carbocycles. The first-order valence-electron chi connectivity index (χ1n) is 15.8. The summed E-state index contributed by atoms with van der Waals surface area (Å²) in [5, 5.41) is 2.28. The van der Waals surface area contributed by atoms with Crippen LogP contribution in [0.25, 0.3) is 33.1 Å². The molecule has 46 heavy (non-hydrogen) atoms. The van der Waals surface area contributed by atoms with E-state index in [-0.39, 0.29) is 6.71 Å². The Morgan fingerprint density at radius 3 is 1.74 bits per heavy atom. The maximum absolute atomic E-state index is 6.23. The third-order valence-electron chi connectivity index (χ3n) is 9.65. The monoisotopic (exact) mass is 586 g/mol. The molecular formula is C42H27BN2O. The second kappa shape index (κ2) is 9.75. The van der Waals surface area contributed by atoms with Crippen molar-refractivity contribution in [2.45, 2.75) is 0 Å². The van der Waals surface area contributed by atoms with Crippen LogP contribution in [0, 0.1) is 0 Å². The second-order valence-electron chi connectivity index (χ2n) is 12.1. The molecule has 0 fully saturated rings. The summed E-state index contributed by atoms with van der Waals surface area (Å²) in [6.45, 7) is 0.0466. The van der Waals surface area contributed by atoms with E-state index >= 15 is 0 Å². The van der Waals surface area contributed by atoms with Crippen LogP contribution in [-0.4, -0.2) is 6.71 Å². The average Bonchev–Trinajstić information content (AvgIpc) is 3.50. The average molecular weight is 587 g/mol. The van der Waals surface area contributed by atoms with E-state index in [4.69, 9.17) is 4.42 Å². The summed E-state index contributed by atoms with van der Waals surface area (Å²) in [5.41, 5.74) is 15.4. The number of hydrogen-bond donors (Lipinski definition) is 0. The minimum atomic E-state index is 0.0466. The number of rotatable bonds is 3. The fraction of sp³-hybridized carbons (Fsp3) is 0. The minimum absolute atomic E-state index is 0.0466. The fourth-order valence-electron chi connectivity index (χ4n) is 7.78. The molecule has 0 unspecified atom stereocenters. The van der Waals surface area contributed by atoms with Gasteiger partial charge in [0.25, 0.3) is 6.71 Å². The molecule has 2 aliphatic rings. The fourth-order valence-corrected chi connectivity index (χ4v) is 7.78. The highest BCUT2D eigenvalue weighted by atomic mass is 16.3. The van der Waals surface area contributed by atoms with Gasteiger partial charge in [-0.05, 0) is 94.2 Å². The molecule has 3 heterocycles. The molecule has 0 radical (unpaired) electrons. The van der Waals surface area contributed by atoms with Gasteiger partial charge in [0.15, 0.2) is 0 Å². The van der Waals surface area contributed by atoms with Crippen molar-refractivity contribution < 1.29 is 4.42 Å². The van der Waals surface area contributed by atoms with Gasteiger partial charge in [-0.3, -0.25) is 0 Å². The lowest BCUT2D eigenvalue weighted by molar-refractivity contribution is 0.669. The minimum Gasteiger partial charge on any atom is -0.456 e. The van der Waals surface area contributed by atoms with Crippen molar-refractivity contribution in [3.8, 4) is 11.1 Å². The van der Waals surface area contributed by atoms with Gasteiger partial charge in [0.05, 0.1) is 0 Å². The van der Waals surface area contributed by atoms with Crippen molar-refractivity contribution in [3.05, 3.63) is 164 Å². The summed E-state index contributed by atoms with van der Waals surface area (Å²) in [7, 11) is 0. The molecular weight excluding hydrogens is 559 g/mol. The SMILES string of the molecule is c1ccc(N2c3ccccc3B3c4c(-c5ccc6oc7ccccc7c6c5)cccc4N(c4ccccc4)c4cccc2c43)cc1. The van der Waals surface area contributed by atoms with Gasteiger partial charge in [0.2, 0.25) is 0 Å². The van der Waals surface area contributed by atoms with Crippen molar-refractivity contribution in [1.29, 1.82) is 0 Å². The van der Waals surface area contributed by atoms with Crippen molar-refractivity contribution in [2.24, 2.45) is 0 Å². The maximum Gasteiger partial charge on any atom is 0.252 e. The van der Waals surface area contributed by atoms with Crippen LogP contribution in [0.3, 0.4) is 0 Å². The highest BCUT2D eigenvalue weighted by Gasteiger charge is 2.44.